The van der Waals surface area contributed by atoms with Gasteiger partial charge in [-0.3, -0.25) is 4.90 Å². The Kier molecular flexibility index (Phi) is 5.57. The first-order valence-electron chi connectivity index (χ1n) is 9.48. The number of hydrogen-bond acceptors (Lipinski definition) is 5. The van der Waals surface area contributed by atoms with Gasteiger partial charge < -0.3 is 9.64 Å². The fourth-order valence-electron chi connectivity index (χ4n) is 3.73. The number of rotatable bonds is 5. The Hall–Kier alpha value is -2.06. The molecule has 1 aliphatic rings. The van der Waals surface area contributed by atoms with Gasteiger partial charge in [0.1, 0.15) is 11.3 Å². The van der Waals surface area contributed by atoms with Crippen molar-refractivity contribution < 1.29 is 13.2 Å². The first-order chi connectivity index (χ1) is 13.9. The van der Waals surface area contributed by atoms with Crippen LogP contribution in [0.5, 0.6) is 5.75 Å². The zero-order valence-electron chi connectivity index (χ0n) is 16.5. The number of methoxy groups -OCH3 is 1. The van der Waals surface area contributed by atoms with Gasteiger partial charge in [-0.2, -0.15) is 0 Å². The van der Waals surface area contributed by atoms with E-state index in [9.17, 15) is 8.42 Å². The Morgan fingerprint density at radius 3 is 2.52 bits per heavy atom. The lowest BCUT2D eigenvalue weighted by Gasteiger charge is -2.32. The fraction of sp³-hybridized carbons (Fsp3) is 0.333. The van der Waals surface area contributed by atoms with Crippen LogP contribution < -0.4 is 4.74 Å². The van der Waals surface area contributed by atoms with Crippen molar-refractivity contribution in [3.8, 4) is 5.75 Å². The summed E-state index contributed by atoms with van der Waals surface area (Å²) >= 11 is 6.01. The molecule has 0 amide bonds. The molecule has 1 saturated heterocycles. The van der Waals surface area contributed by atoms with Crippen LogP contribution in [0.3, 0.4) is 0 Å². The lowest BCUT2D eigenvalue weighted by Crippen LogP contribution is -2.43. The van der Waals surface area contributed by atoms with E-state index in [1.54, 1.807) is 31.5 Å². The average molecular weight is 434 g/mol. The molecule has 2 aromatic carbocycles. The first-order valence-corrected chi connectivity index (χ1v) is 11.3. The van der Waals surface area contributed by atoms with Gasteiger partial charge in [0.15, 0.2) is 0 Å². The minimum Gasteiger partial charge on any atom is -0.495 e. The quantitative estimate of drug-likeness (QED) is 0.618. The summed E-state index contributed by atoms with van der Waals surface area (Å²) in [5.74, 6) is 0.544. The number of likely N-dealkylation sites (N-methyl/N-ethyl adjacent to an activating group) is 1. The SMILES string of the molecule is COc1cc(CN2CCN(C)CC2)cc2ccn(S(=O)(=O)c3cccc(Cl)c3)c12. The van der Waals surface area contributed by atoms with Crippen LogP contribution in [0.15, 0.2) is 53.6 Å². The minimum atomic E-state index is -3.79. The van der Waals surface area contributed by atoms with E-state index in [0.29, 0.717) is 16.3 Å². The predicted octanol–water partition coefficient (Wildman–Crippen LogP) is 3.29. The molecule has 1 aliphatic heterocycles. The van der Waals surface area contributed by atoms with E-state index in [1.165, 1.54) is 10.0 Å². The van der Waals surface area contributed by atoms with E-state index >= 15 is 0 Å². The Morgan fingerprint density at radius 2 is 1.83 bits per heavy atom. The summed E-state index contributed by atoms with van der Waals surface area (Å²) in [6.45, 7) is 4.94. The molecule has 29 heavy (non-hydrogen) atoms. The van der Waals surface area contributed by atoms with E-state index in [1.807, 2.05) is 18.2 Å². The van der Waals surface area contributed by atoms with Gasteiger partial charge in [-0.05, 0) is 49.0 Å². The topological polar surface area (TPSA) is 54.8 Å². The largest absolute Gasteiger partial charge is 0.495 e. The summed E-state index contributed by atoms with van der Waals surface area (Å²) in [7, 11) is -0.0856. The molecule has 8 heteroatoms. The standard InChI is InChI=1S/C21H24ClN3O3S/c1-23-8-10-24(11-9-23)15-16-12-17-6-7-25(21(17)20(13-16)28-2)29(26,27)19-5-3-4-18(22)14-19/h3-7,12-14H,8-11,15H2,1-2H3. The van der Waals surface area contributed by atoms with Gasteiger partial charge in [0, 0.05) is 49.3 Å². The molecule has 0 bridgehead atoms. The third kappa shape index (κ3) is 4.00. The van der Waals surface area contributed by atoms with E-state index in [0.717, 1.165) is 43.7 Å². The highest BCUT2D eigenvalue weighted by atomic mass is 35.5. The van der Waals surface area contributed by atoms with Gasteiger partial charge in [-0.25, -0.2) is 12.4 Å². The van der Waals surface area contributed by atoms with Crippen molar-refractivity contribution in [2.45, 2.75) is 11.4 Å². The highest BCUT2D eigenvalue weighted by molar-refractivity contribution is 7.90. The van der Waals surface area contributed by atoms with Crippen molar-refractivity contribution in [2.24, 2.45) is 0 Å². The smallest absolute Gasteiger partial charge is 0.268 e. The molecule has 154 valence electrons. The molecule has 1 fully saturated rings. The van der Waals surface area contributed by atoms with Crippen molar-refractivity contribution in [3.63, 3.8) is 0 Å². The van der Waals surface area contributed by atoms with Gasteiger partial charge in [-0.1, -0.05) is 17.7 Å². The second kappa shape index (κ2) is 7.99. The maximum atomic E-state index is 13.2. The molecule has 0 N–H and O–H groups in total. The number of hydrogen-bond donors (Lipinski definition) is 0. The molecular weight excluding hydrogens is 410 g/mol. The summed E-state index contributed by atoms with van der Waals surface area (Å²) < 4.78 is 33.3. The second-order valence-corrected chi connectivity index (χ2v) is 9.64. The highest BCUT2D eigenvalue weighted by Crippen LogP contribution is 2.32. The minimum absolute atomic E-state index is 0.145. The third-order valence-electron chi connectivity index (χ3n) is 5.35. The van der Waals surface area contributed by atoms with Crippen LogP contribution in [0.1, 0.15) is 5.56 Å². The highest BCUT2D eigenvalue weighted by Gasteiger charge is 2.22. The van der Waals surface area contributed by atoms with Crippen molar-refractivity contribution >= 4 is 32.5 Å². The molecule has 0 spiro atoms. The summed E-state index contributed by atoms with van der Waals surface area (Å²) in [5.41, 5.74) is 1.64. The van der Waals surface area contributed by atoms with Crippen molar-refractivity contribution in [1.82, 2.24) is 13.8 Å². The summed E-state index contributed by atoms with van der Waals surface area (Å²) in [4.78, 5) is 4.87. The molecule has 1 aromatic heterocycles. The van der Waals surface area contributed by atoms with Gasteiger partial charge in [0.25, 0.3) is 10.0 Å². The van der Waals surface area contributed by atoms with Crippen LogP contribution in [0.25, 0.3) is 10.9 Å². The molecule has 3 aromatic rings. The summed E-state index contributed by atoms with van der Waals surface area (Å²) in [6, 6.07) is 12.1. The third-order valence-corrected chi connectivity index (χ3v) is 7.26. The summed E-state index contributed by atoms with van der Waals surface area (Å²) in [6.07, 6.45) is 1.57. The molecule has 0 aliphatic carbocycles. The Morgan fingerprint density at radius 1 is 1.07 bits per heavy atom. The van der Waals surface area contributed by atoms with Crippen LogP contribution in [-0.4, -0.2) is 62.5 Å². The molecule has 0 saturated carbocycles. The predicted molar refractivity (Wildman–Crippen MR) is 115 cm³/mol. The van der Waals surface area contributed by atoms with Crippen molar-refractivity contribution in [3.05, 3.63) is 59.2 Å². The molecule has 6 nitrogen and oxygen atoms in total. The lowest BCUT2D eigenvalue weighted by molar-refractivity contribution is 0.148. The van der Waals surface area contributed by atoms with Gasteiger partial charge in [0.2, 0.25) is 0 Å². The maximum absolute atomic E-state index is 13.2. The van der Waals surface area contributed by atoms with Crippen molar-refractivity contribution in [1.29, 1.82) is 0 Å². The zero-order valence-corrected chi connectivity index (χ0v) is 18.1. The monoisotopic (exact) mass is 433 g/mol. The molecule has 0 radical (unpaired) electrons. The molecule has 2 heterocycles. The molecule has 4 rings (SSSR count). The van der Waals surface area contributed by atoms with Crippen LogP contribution in [0.2, 0.25) is 5.02 Å². The number of ether oxygens (including phenoxy) is 1. The summed E-state index contributed by atoms with van der Waals surface area (Å²) in [5, 5.41) is 1.21. The number of piperazine rings is 1. The normalized spacial score (nSPS) is 16.4. The Balaban J connectivity index is 1.73. The average Bonchev–Trinajstić information content (AvgIpc) is 3.14. The zero-order chi connectivity index (χ0) is 20.6. The van der Waals surface area contributed by atoms with Crippen LogP contribution in [-0.2, 0) is 16.6 Å². The lowest BCUT2D eigenvalue weighted by atomic mass is 10.1. The van der Waals surface area contributed by atoms with Crippen molar-refractivity contribution in [2.75, 3.05) is 40.3 Å². The van der Waals surface area contributed by atoms with Crippen LogP contribution in [0, 0.1) is 0 Å². The number of nitrogens with zero attached hydrogens (tertiary/aromatic N) is 3. The van der Waals surface area contributed by atoms with Gasteiger partial charge in [0.05, 0.1) is 12.0 Å². The maximum Gasteiger partial charge on any atom is 0.268 e. The Bertz CT molecular complexity index is 1140. The fourth-order valence-corrected chi connectivity index (χ4v) is 5.39. The van der Waals surface area contributed by atoms with Crippen LogP contribution >= 0.6 is 11.6 Å². The number of fused-ring (bicyclic) bond motifs is 1. The van der Waals surface area contributed by atoms with E-state index < -0.39 is 10.0 Å². The first kappa shape index (κ1) is 20.2. The second-order valence-electron chi connectivity index (χ2n) is 7.39. The van der Waals surface area contributed by atoms with Gasteiger partial charge >= 0.3 is 0 Å². The van der Waals surface area contributed by atoms with E-state index in [2.05, 4.69) is 16.8 Å². The van der Waals surface area contributed by atoms with Crippen LogP contribution in [0.4, 0.5) is 0 Å². The van der Waals surface area contributed by atoms with E-state index in [4.69, 9.17) is 16.3 Å². The number of halogens is 1. The molecule has 0 unspecified atom stereocenters. The number of aromatic nitrogens is 1. The van der Waals surface area contributed by atoms with E-state index in [-0.39, 0.29) is 4.90 Å². The van der Waals surface area contributed by atoms with Gasteiger partial charge in [-0.15, -0.1) is 0 Å². The molecular formula is C21H24ClN3O3S. The molecule has 0 atom stereocenters. The Labute approximate surface area is 176 Å². The number of benzene rings is 2.